The van der Waals surface area contributed by atoms with Gasteiger partial charge in [-0.1, -0.05) is 24.3 Å². The van der Waals surface area contributed by atoms with Gasteiger partial charge in [0.05, 0.1) is 12.3 Å². The summed E-state index contributed by atoms with van der Waals surface area (Å²) in [5.74, 6) is 0.354. The van der Waals surface area contributed by atoms with E-state index in [1.807, 2.05) is 38.1 Å². The first-order chi connectivity index (χ1) is 15.5. The van der Waals surface area contributed by atoms with Crippen molar-refractivity contribution in [3.05, 3.63) is 84.2 Å². The number of ether oxygens (including phenoxy) is 1. The Labute approximate surface area is 188 Å². The maximum Gasteiger partial charge on any atom is 0.255 e. The molecule has 1 heterocycles. The number of nitrogens with zero attached hydrogens (tertiary/aromatic N) is 2. The largest absolute Gasteiger partial charge is 0.492 e. The minimum Gasteiger partial charge on any atom is -0.492 e. The molecule has 0 aliphatic carbocycles. The average Bonchev–Trinajstić information content (AvgIpc) is 2.81. The fourth-order valence-electron chi connectivity index (χ4n) is 3.38. The van der Waals surface area contributed by atoms with Crippen LogP contribution in [-0.4, -0.2) is 29.9 Å². The van der Waals surface area contributed by atoms with E-state index < -0.39 is 6.04 Å². The van der Waals surface area contributed by atoms with Crippen LogP contribution in [-0.2, 0) is 4.79 Å². The molecule has 0 bridgehead atoms. The van der Waals surface area contributed by atoms with Gasteiger partial charge in [0.1, 0.15) is 5.75 Å². The number of nitrogens with two attached hydrogens (primary N) is 1. The standard InChI is InChI=1S/C25H28N4O3/c1-3-29(22-7-5-6-8-23(22)32-4-2)24(30)17-21(26)18-9-11-19(12-10-18)25(31)28-20-13-15-27-16-14-20/h5-16,21H,3-4,17,26H2,1-2H3,(H,27,28,31). The minimum atomic E-state index is -0.492. The van der Waals surface area contributed by atoms with E-state index in [-0.39, 0.29) is 18.2 Å². The maximum atomic E-state index is 13.0. The molecule has 3 rings (SSSR count). The Morgan fingerprint density at radius 1 is 1.03 bits per heavy atom. The summed E-state index contributed by atoms with van der Waals surface area (Å²) in [7, 11) is 0. The van der Waals surface area contributed by atoms with Crippen molar-refractivity contribution in [2.75, 3.05) is 23.4 Å². The van der Waals surface area contributed by atoms with E-state index in [2.05, 4.69) is 10.3 Å². The zero-order chi connectivity index (χ0) is 22.9. The van der Waals surface area contributed by atoms with Gasteiger partial charge in [-0.15, -0.1) is 0 Å². The first kappa shape index (κ1) is 23.0. The maximum absolute atomic E-state index is 13.0. The first-order valence-corrected chi connectivity index (χ1v) is 10.6. The van der Waals surface area contributed by atoms with E-state index in [9.17, 15) is 9.59 Å². The summed E-state index contributed by atoms with van der Waals surface area (Å²) in [5.41, 5.74) is 9.02. The van der Waals surface area contributed by atoms with E-state index >= 15 is 0 Å². The van der Waals surface area contributed by atoms with Gasteiger partial charge in [-0.25, -0.2) is 0 Å². The number of amides is 2. The molecule has 1 atom stereocenters. The van der Waals surface area contributed by atoms with Gasteiger partial charge in [-0.2, -0.15) is 0 Å². The summed E-state index contributed by atoms with van der Waals surface area (Å²) in [5, 5.41) is 2.81. The predicted molar refractivity (Wildman–Crippen MR) is 126 cm³/mol. The summed E-state index contributed by atoms with van der Waals surface area (Å²) >= 11 is 0. The van der Waals surface area contributed by atoms with Crippen molar-refractivity contribution < 1.29 is 14.3 Å². The van der Waals surface area contributed by atoms with Crippen molar-refractivity contribution in [3.63, 3.8) is 0 Å². The Morgan fingerprint density at radius 2 is 1.72 bits per heavy atom. The van der Waals surface area contributed by atoms with Crippen LogP contribution in [0.15, 0.2) is 73.1 Å². The first-order valence-electron chi connectivity index (χ1n) is 10.6. The van der Waals surface area contributed by atoms with Crippen molar-refractivity contribution >= 4 is 23.2 Å². The highest BCUT2D eigenvalue weighted by Gasteiger charge is 2.21. The molecule has 1 unspecified atom stereocenters. The quantitative estimate of drug-likeness (QED) is 0.529. The number of nitrogens with one attached hydrogen (secondary N) is 1. The molecule has 0 aliphatic rings. The third kappa shape index (κ3) is 5.70. The van der Waals surface area contributed by atoms with E-state index in [1.165, 1.54) is 0 Å². The van der Waals surface area contributed by atoms with Gasteiger partial charge in [0.2, 0.25) is 5.91 Å². The number of rotatable bonds is 9. The molecule has 0 fully saturated rings. The summed E-state index contributed by atoms with van der Waals surface area (Å²) in [6.07, 6.45) is 3.36. The molecule has 0 spiro atoms. The highest BCUT2D eigenvalue weighted by Crippen LogP contribution is 2.29. The van der Waals surface area contributed by atoms with Crippen LogP contribution in [0.25, 0.3) is 0 Å². The summed E-state index contributed by atoms with van der Waals surface area (Å²) in [4.78, 5) is 31.0. The third-order valence-corrected chi connectivity index (χ3v) is 5.01. The Morgan fingerprint density at radius 3 is 2.38 bits per heavy atom. The monoisotopic (exact) mass is 432 g/mol. The van der Waals surface area contributed by atoms with E-state index in [0.717, 1.165) is 11.3 Å². The molecular formula is C25H28N4O3. The SMILES string of the molecule is CCOc1ccccc1N(CC)C(=O)CC(N)c1ccc(C(=O)Nc2ccncc2)cc1. The van der Waals surface area contributed by atoms with Crippen molar-refractivity contribution in [2.24, 2.45) is 5.73 Å². The number of para-hydroxylation sites is 2. The van der Waals surface area contributed by atoms with Gasteiger partial charge in [0.25, 0.3) is 5.91 Å². The van der Waals surface area contributed by atoms with Crippen LogP contribution in [0.3, 0.4) is 0 Å². The minimum absolute atomic E-state index is 0.0911. The normalized spacial score (nSPS) is 11.5. The van der Waals surface area contributed by atoms with Gasteiger partial charge in [-0.3, -0.25) is 14.6 Å². The van der Waals surface area contributed by atoms with Crippen LogP contribution >= 0.6 is 0 Å². The Hall–Kier alpha value is -3.71. The van der Waals surface area contributed by atoms with Crippen molar-refractivity contribution in [1.82, 2.24) is 4.98 Å². The van der Waals surface area contributed by atoms with Gasteiger partial charge in [-0.05, 0) is 55.8 Å². The van der Waals surface area contributed by atoms with E-state index in [4.69, 9.17) is 10.5 Å². The van der Waals surface area contributed by atoms with Crippen molar-refractivity contribution in [2.45, 2.75) is 26.3 Å². The molecule has 2 aromatic carbocycles. The molecule has 7 heteroatoms. The van der Waals surface area contributed by atoms with Gasteiger partial charge >= 0.3 is 0 Å². The fraction of sp³-hybridized carbons (Fsp3) is 0.240. The number of carbonyl (C=O) groups excluding carboxylic acids is 2. The second-order valence-electron chi connectivity index (χ2n) is 7.16. The summed E-state index contributed by atoms with van der Waals surface area (Å²) in [6.45, 7) is 4.85. The Bertz CT molecular complexity index is 1040. The van der Waals surface area contributed by atoms with Crippen molar-refractivity contribution in [1.29, 1.82) is 0 Å². The zero-order valence-electron chi connectivity index (χ0n) is 18.3. The molecule has 0 saturated heterocycles. The molecule has 0 aliphatic heterocycles. The van der Waals surface area contributed by atoms with Crippen LogP contribution in [0.5, 0.6) is 5.75 Å². The van der Waals surface area contributed by atoms with E-state index in [1.54, 1.807) is 53.7 Å². The molecule has 0 saturated carbocycles. The van der Waals surface area contributed by atoms with Gasteiger partial charge < -0.3 is 20.7 Å². The molecule has 3 aromatic rings. The number of benzene rings is 2. The summed E-state index contributed by atoms with van der Waals surface area (Å²) in [6, 6.07) is 17.4. The molecule has 1 aromatic heterocycles. The number of hydrogen-bond acceptors (Lipinski definition) is 5. The van der Waals surface area contributed by atoms with Crippen LogP contribution in [0, 0.1) is 0 Å². The molecule has 0 radical (unpaired) electrons. The summed E-state index contributed by atoms with van der Waals surface area (Å²) < 4.78 is 5.67. The lowest BCUT2D eigenvalue weighted by Crippen LogP contribution is -2.33. The number of hydrogen-bond donors (Lipinski definition) is 2. The van der Waals surface area contributed by atoms with Crippen LogP contribution in [0.2, 0.25) is 0 Å². The fourth-order valence-corrected chi connectivity index (χ4v) is 3.38. The average molecular weight is 433 g/mol. The molecule has 3 N–H and O–H groups in total. The molecule has 7 nitrogen and oxygen atoms in total. The lowest BCUT2D eigenvalue weighted by molar-refractivity contribution is -0.118. The Balaban J connectivity index is 1.66. The third-order valence-electron chi connectivity index (χ3n) is 5.01. The second-order valence-corrected chi connectivity index (χ2v) is 7.16. The zero-order valence-corrected chi connectivity index (χ0v) is 18.3. The molecule has 166 valence electrons. The van der Waals surface area contributed by atoms with Crippen molar-refractivity contribution in [3.8, 4) is 5.75 Å². The highest BCUT2D eigenvalue weighted by atomic mass is 16.5. The van der Waals surface area contributed by atoms with Gasteiger partial charge in [0.15, 0.2) is 0 Å². The van der Waals surface area contributed by atoms with Crippen LogP contribution in [0.4, 0.5) is 11.4 Å². The lowest BCUT2D eigenvalue weighted by Gasteiger charge is -2.25. The number of aromatic nitrogens is 1. The topological polar surface area (TPSA) is 97.5 Å². The van der Waals surface area contributed by atoms with E-state index in [0.29, 0.717) is 30.2 Å². The van der Waals surface area contributed by atoms with Crippen LogP contribution in [0.1, 0.15) is 42.2 Å². The number of carbonyl (C=O) groups is 2. The predicted octanol–water partition coefficient (Wildman–Crippen LogP) is 4.18. The number of anilines is 2. The number of pyridine rings is 1. The molecular weight excluding hydrogens is 404 g/mol. The van der Waals surface area contributed by atoms with Gasteiger partial charge in [0, 0.05) is 42.7 Å². The molecule has 2 amide bonds. The van der Waals surface area contributed by atoms with Crippen LogP contribution < -0.4 is 20.7 Å². The Kier molecular flexibility index (Phi) is 7.94. The lowest BCUT2D eigenvalue weighted by atomic mass is 10.0. The smallest absolute Gasteiger partial charge is 0.255 e. The second kappa shape index (κ2) is 11.1. The highest BCUT2D eigenvalue weighted by molar-refractivity contribution is 6.04. The molecule has 32 heavy (non-hydrogen) atoms.